The van der Waals surface area contributed by atoms with Gasteiger partial charge in [0.15, 0.2) is 0 Å². The van der Waals surface area contributed by atoms with Crippen LogP contribution in [0.25, 0.3) is 0 Å². The van der Waals surface area contributed by atoms with Gasteiger partial charge in [0.05, 0.1) is 0 Å². The molecular formula is C17H24N2O. The van der Waals surface area contributed by atoms with Crippen molar-refractivity contribution in [3.8, 4) is 0 Å². The summed E-state index contributed by atoms with van der Waals surface area (Å²) >= 11 is 0. The van der Waals surface area contributed by atoms with Gasteiger partial charge in [-0.15, -0.1) is 0 Å². The zero-order valence-corrected chi connectivity index (χ0v) is 12.1. The smallest absolute Gasteiger partial charge is 0.220 e. The summed E-state index contributed by atoms with van der Waals surface area (Å²) in [5.74, 6) is 0.974. The van der Waals surface area contributed by atoms with Crippen molar-refractivity contribution in [3.63, 3.8) is 0 Å². The lowest BCUT2D eigenvalue weighted by Gasteiger charge is -2.19. The van der Waals surface area contributed by atoms with Crippen LogP contribution >= 0.6 is 0 Å². The fourth-order valence-corrected chi connectivity index (χ4v) is 2.59. The number of amides is 1. The Morgan fingerprint density at radius 1 is 1.35 bits per heavy atom. The van der Waals surface area contributed by atoms with Gasteiger partial charge in [-0.25, -0.2) is 0 Å². The summed E-state index contributed by atoms with van der Waals surface area (Å²) in [6.45, 7) is 2.88. The van der Waals surface area contributed by atoms with Gasteiger partial charge in [0.25, 0.3) is 0 Å². The highest BCUT2D eigenvalue weighted by Crippen LogP contribution is 2.20. The fourth-order valence-electron chi connectivity index (χ4n) is 2.59. The molecule has 0 saturated carbocycles. The standard InChI is InChI=1S/C17H24N2O/c1-13(15-7-9-16(18)10-8-15)11-17(20)19-12-14-5-3-2-4-6-14/h2-3,7-10,13-14H,4-6,11-12,18H2,1H3,(H,19,20). The Labute approximate surface area is 121 Å². The van der Waals surface area contributed by atoms with Crippen LogP contribution in [0.15, 0.2) is 36.4 Å². The molecule has 3 N–H and O–H groups in total. The number of benzene rings is 1. The van der Waals surface area contributed by atoms with Crippen molar-refractivity contribution < 1.29 is 4.79 Å². The lowest BCUT2D eigenvalue weighted by atomic mass is 9.94. The van der Waals surface area contributed by atoms with Crippen LogP contribution in [0, 0.1) is 5.92 Å². The molecule has 3 nitrogen and oxygen atoms in total. The van der Waals surface area contributed by atoms with Crippen molar-refractivity contribution in [1.29, 1.82) is 0 Å². The Morgan fingerprint density at radius 3 is 2.75 bits per heavy atom. The van der Waals surface area contributed by atoms with Crippen LogP contribution in [0.1, 0.15) is 44.1 Å². The molecule has 0 aromatic heterocycles. The molecule has 0 heterocycles. The predicted molar refractivity (Wildman–Crippen MR) is 83.4 cm³/mol. The second-order valence-corrected chi connectivity index (χ2v) is 5.73. The van der Waals surface area contributed by atoms with Crippen LogP contribution in [0.3, 0.4) is 0 Å². The molecule has 1 aromatic carbocycles. The first-order chi connectivity index (χ1) is 9.65. The SMILES string of the molecule is CC(CC(=O)NCC1CC=CCC1)c1ccc(N)cc1. The molecule has 0 radical (unpaired) electrons. The molecule has 0 saturated heterocycles. The van der Waals surface area contributed by atoms with Crippen molar-refractivity contribution in [3.05, 3.63) is 42.0 Å². The third-order valence-electron chi connectivity index (χ3n) is 3.96. The number of hydrogen-bond donors (Lipinski definition) is 2. The number of anilines is 1. The van der Waals surface area contributed by atoms with E-state index in [1.54, 1.807) is 0 Å². The molecule has 1 aromatic rings. The second kappa shape index (κ2) is 7.13. The molecule has 1 amide bonds. The average Bonchev–Trinajstić information content (AvgIpc) is 2.47. The van der Waals surface area contributed by atoms with Crippen molar-refractivity contribution >= 4 is 11.6 Å². The summed E-state index contributed by atoms with van der Waals surface area (Å²) in [7, 11) is 0. The third kappa shape index (κ3) is 4.41. The monoisotopic (exact) mass is 272 g/mol. The molecular weight excluding hydrogens is 248 g/mol. The first-order valence-electron chi connectivity index (χ1n) is 7.42. The van der Waals surface area contributed by atoms with Crippen LogP contribution in [-0.4, -0.2) is 12.5 Å². The first kappa shape index (κ1) is 14.6. The maximum atomic E-state index is 12.0. The average molecular weight is 272 g/mol. The summed E-state index contributed by atoms with van der Waals surface area (Å²) in [6.07, 6.45) is 8.39. The topological polar surface area (TPSA) is 55.1 Å². The Kier molecular flexibility index (Phi) is 5.22. The van der Waals surface area contributed by atoms with Gasteiger partial charge in [0.2, 0.25) is 5.91 Å². The molecule has 0 bridgehead atoms. The zero-order valence-electron chi connectivity index (χ0n) is 12.1. The van der Waals surface area contributed by atoms with E-state index >= 15 is 0 Å². The van der Waals surface area contributed by atoms with Crippen LogP contribution in [-0.2, 0) is 4.79 Å². The van der Waals surface area contributed by atoms with E-state index in [0.717, 1.165) is 30.6 Å². The minimum Gasteiger partial charge on any atom is -0.399 e. The van der Waals surface area contributed by atoms with Crippen molar-refractivity contribution in [2.45, 2.75) is 38.5 Å². The summed E-state index contributed by atoms with van der Waals surface area (Å²) in [4.78, 5) is 12.0. The normalized spacial score (nSPS) is 19.6. The highest BCUT2D eigenvalue weighted by molar-refractivity contribution is 5.76. The van der Waals surface area contributed by atoms with Crippen molar-refractivity contribution in [2.24, 2.45) is 5.92 Å². The maximum absolute atomic E-state index is 12.0. The summed E-state index contributed by atoms with van der Waals surface area (Å²) < 4.78 is 0. The van der Waals surface area contributed by atoms with E-state index in [-0.39, 0.29) is 11.8 Å². The maximum Gasteiger partial charge on any atom is 0.220 e. The number of nitrogens with two attached hydrogens (primary N) is 1. The predicted octanol–water partition coefficient (Wildman–Crippen LogP) is 3.23. The second-order valence-electron chi connectivity index (χ2n) is 5.73. The first-order valence-corrected chi connectivity index (χ1v) is 7.42. The molecule has 3 heteroatoms. The van der Waals surface area contributed by atoms with Gasteiger partial charge in [-0.05, 0) is 48.8 Å². The van der Waals surface area contributed by atoms with Gasteiger partial charge >= 0.3 is 0 Å². The van der Waals surface area contributed by atoms with Gasteiger partial charge in [-0.3, -0.25) is 4.79 Å². The van der Waals surface area contributed by atoms with Crippen molar-refractivity contribution in [2.75, 3.05) is 12.3 Å². The van der Waals surface area contributed by atoms with E-state index in [1.165, 1.54) is 6.42 Å². The van der Waals surface area contributed by atoms with Gasteiger partial charge in [0, 0.05) is 18.7 Å². The Balaban J connectivity index is 1.76. The lowest BCUT2D eigenvalue weighted by molar-refractivity contribution is -0.121. The number of nitrogens with one attached hydrogen (secondary N) is 1. The molecule has 108 valence electrons. The number of carbonyl (C=O) groups is 1. The highest BCUT2D eigenvalue weighted by atomic mass is 16.1. The summed E-state index contributed by atoms with van der Waals surface area (Å²) in [6, 6.07) is 7.77. The number of hydrogen-bond acceptors (Lipinski definition) is 2. The van der Waals surface area contributed by atoms with E-state index in [1.807, 2.05) is 24.3 Å². The fraction of sp³-hybridized carbons (Fsp3) is 0.471. The van der Waals surface area contributed by atoms with Crippen LogP contribution < -0.4 is 11.1 Å². The van der Waals surface area contributed by atoms with E-state index in [9.17, 15) is 4.79 Å². The van der Waals surface area contributed by atoms with Gasteiger partial charge < -0.3 is 11.1 Å². The number of carbonyl (C=O) groups excluding carboxylic acids is 1. The third-order valence-corrected chi connectivity index (χ3v) is 3.96. The van der Waals surface area contributed by atoms with E-state index in [4.69, 9.17) is 5.73 Å². The van der Waals surface area contributed by atoms with Crippen LogP contribution in [0.2, 0.25) is 0 Å². The zero-order chi connectivity index (χ0) is 14.4. The molecule has 2 unspecified atom stereocenters. The molecule has 1 aliphatic rings. The van der Waals surface area contributed by atoms with Crippen LogP contribution in [0.5, 0.6) is 0 Å². The molecule has 0 aliphatic heterocycles. The van der Waals surface area contributed by atoms with E-state index in [2.05, 4.69) is 24.4 Å². The Morgan fingerprint density at radius 2 is 2.10 bits per heavy atom. The minimum atomic E-state index is 0.142. The summed E-state index contributed by atoms with van der Waals surface area (Å²) in [5.41, 5.74) is 7.60. The largest absolute Gasteiger partial charge is 0.399 e. The van der Waals surface area contributed by atoms with E-state index < -0.39 is 0 Å². The highest BCUT2D eigenvalue weighted by Gasteiger charge is 2.14. The molecule has 2 atom stereocenters. The molecule has 0 spiro atoms. The summed E-state index contributed by atoms with van der Waals surface area (Å²) in [5, 5.41) is 3.07. The minimum absolute atomic E-state index is 0.142. The number of nitrogen functional groups attached to an aromatic ring is 1. The van der Waals surface area contributed by atoms with Gasteiger partial charge in [-0.1, -0.05) is 31.2 Å². The van der Waals surface area contributed by atoms with Crippen LogP contribution in [0.4, 0.5) is 5.69 Å². The van der Waals surface area contributed by atoms with Crippen molar-refractivity contribution in [1.82, 2.24) is 5.32 Å². The molecule has 2 rings (SSSR count). The number of rotatable bonds is 5. The molecule has 20 heavy (non-hydrogen) atoms. The van der Waals surface area contributed by atoms with E-state index in [0.29, 0.717) is 12.3 Å². The molecule has 0 fully saturated rings. The quantitative estimate of drug-likeness (QED) is 0.638. The van der Waals surface area contributed by atoms with Gasteiger partial charge in [-0.2, -0.15) is 0 Å². The Hall–Kier alpha value is -1.77. The van der Waals surface area contributed by atoms with Gasteiger partial charge in [0.1, 0.15) is 0 Å². The lowest BCUT2D eigenvalue weighted by Crippen LogP contribution is -2.30. The Bertz CT molecular complexity index is 464. The number of allylic oxidation sites excluding steroid dienone is 2. The molecule has 1 aliphatic carbocycles.